The van der Waals surface area contributed by atoms with E-state index in [0.29, 0.717) is 18.1 Å². The first kappa shape index (κ1) is 23.2. The summed E-state index contributed by atoms with van der Waals surface area (Å²) in [6.45, 7) is 0.119. The molecule has 4 aromatic rings. The van der Waals surface area contributed by atoms with Crippen LogP contribution in [0, 0.1) is 0 Å². The Bertz CT molecular complexity index is 1500. The molecule has 1 amide bonds. The predicted octanol–water partition coefficient (Wildman–Crippen LogP) is 3.84. The van der Waals surface area contributed by atoms with Crippen LogP contribution in [-0.4, -0.2) is 42.7 Å². The molecule has 1 aromatic heterocycles. The number of esters is 1. The summed E-state index contributed by atoms with van der Waals surface area (Å²) < 4.78 is 33.9. The van der Waals surface area contributed by atoms with Crippen molar-refractivity contribution in [3.05, 3.63) is 89.5 Å². The summed E-state index contributed by atoms with van der Waals surface area (Å²) in [7, 11) is -3.81. The lowest BCUT2D eigenvalue weighted by molar-refractivity contribution is -0.119. The number of rotatable bonds is 6. The summed E-state index contributed by atoms with van der Waals surface area (Å²) >= 11 is 1.32. The van der Waals surface area contributed by atoms with Gasteiger partial charge in [-0.1, -0.05) is 53.8 Å². The summed E-state index contributed by atoms with van der Waals surface area (Å²) in [4.78, 5) is 29.1. The number of hydrogen-bond donors (Lipinski definition) is 1. The molecule has 0 fully saturated rings. The number of aromatic nitrogens is 1. The number of amides is 1. The first-order chi connectivity index (χ1) is 16.9. The van der Waals surface area contributed by atoms with E-state index in [9.17, 15) is 18.0 Å². The molecular weight excluding hydrogens is 486 g/mol. The molecule has 0 aliphatic carbocycles. The highest BCUT2D eigenvalue weighted by molar-refractivity contribution is 7.89. The average Bonchev–Trinajstić information content (AvgIpc) is 3.29. The Labute approximate surface area is 206 Å². The van der Waals surface area contributed by atoms with Gasteiger partial charge in [-0.2, -0.15) is 4.31 Å². The summed E-state index contributed by atoms with van der Waals surface area (Å²) in [5.41, 5.74) is 2.92. The molecule has 35 heavy (non-hydrogen) atoms. The van der Waals surface area contributed by atoms with Gasteiger partial charge < -0.3 is 4.74 Å². The van der Waals surface area contributed by atoms with Gasteiger partial charge in [-0.25, -0.2) is 18.2 Å². The van der Waals surface area contributed by atoms with Gasteiger partial charge in [0, 0.05) is 13.1 Å². The first-order valence-corrected chi connectivity index (χ1v) is 13.2. The molecule has 8 nitrogen and oxygen atoms in total. The fraction of sp³-hybridized carbons (Fsp3) is 0.160. The second-order valence-electron chi connectivity index (χ2n) is 8.00. The molecule has 0 unspecified atom stereocenters. The lowest BCUT2D eigenvalue weighted by atomic mass is 10.0. The van der Waals surface area contributed by atoms with Gasteiger partial charge in [0.05, 0.1) is 20.7 Å². The molecule has 0 bridgehead atoms. The minimum atomic E-state index is -3.81. The molecule has 3 aromatic carbocycles. The van der Waals surface area contributed by atoms with Gasteiger partial charge in [0.2, 0.25) is 10.0 Å². The number of fused-ring (bicyclic) bond motifs is 2. The van der Waals surface area contributed by atoms with Crippen molar-refractivity contribution in [3.63, 3.8) is 0 Å². The number of thiazole rings is 1. The van der Waals surface area contributed by atoms with Crippen molar-refractivity contribution in [2.75, 3.05) is 18.5 Å². The van der Waals surface area contributed by atoms with Crippen molar-refractivity contribution >= 4 is 48.6 Å². The number of para-hydroxylation sites is 1. The van der Waals surface area contributed by atoms with Crippen LogP contribution in [0.25, 0.3) is 10.2 Å². The van der Waals surface area contributed by atoms with E-state index in [1.165, 1.54) is 39.9 Å². The third-order valence-electron chi connectivity index (χ3n) is 5.68. The van der Waals surface area contributed by atoms with Gasteiger partial charge in [0.15, 0.2) is 11.7 Å². The second kappa shape index (κ2) is 9.57. The van der Waals surface area contributed by atoms with Crippen molar-refractivity contribution in [2.45, 2.75) is 17.9 Å². The number of nitrogens with one attached hydrogen (secondary N) is 1. The maximum Gasteiger partial charge on any atom is 0.338 e. The Morgan fingerprint density at radius 3 is 2.60 bits per heavy atom. The van der Waals surface area contributed by atoms with Crippen LogP contribution >= 0.6 is 11.3 Å². The highest BCUT2D eigenvalue weighted by atomic mass is 32.2. The van der Waals surface area contributed by atoms with Crippen LogP contribution in [0.4, 0.5) is 5.13 Å². The van der Waals surface area contributed by atoms with Gasteiger partial charge in [-0.3, -0.25) is 10.1 Å². The van der Waals surface area contributed by atoms with E-state index in [4.69, 9.17) is 4.74 Å². The van der Waals surface area contributed by atoms with Crippen LogP contribution in [0.15, 0.2) is 77.7 Å². The molecular formula is C25H21N3O5S2. The summed E-state index contributed by atoms with van der Waals surface area (Å²) in [6.07, 6.45) is 0.626. The zero-order valence-electron chi connectivity index (χ0n) is 18.5. The molecule has 1 aliphatic heterocycles. The number of sulfonamides is 1. The number of anilines is 1. The lowest BCUT2D eigenvalue weighted by Gasteiger charge is -2.28. The first-order valence-electron chi connectivity index (χ1n) is 10.9. The van der Waals surface area contributed by atoms with E-state index >= 15 is 0 Å². The summed E-state index contributed by atoms with van der Waals surface area (Å²) in [6, 6.07) is 20.9. The van der Waals surface area contributed by atoms with Crippen LogP contribution in [-0.2, 0) is 32.5 Å². The van der Waals surface area contributed by atoms with E-state index in [-0.39, 0.29) is 17.0 Å². The van der Waals surface area contributed by atoms with E-state index < -0.39 is 28.5 Å². The topological polar surface area (TPSA) is 106 Å². The van der Waals surface area contributed by atoms with Crippen molar-refractivity contribution in [3.8, 4) is 0 Å². The van der Waals surface area contributed by atoms with Gasteiger partial charge in [0.25, 0.3) is 5.91 Å². The minimum absolute atomic E-state index is 0.00487. The molecule has 0 atom stereocenters. The maximum absolute atomic E-state index is 13.2. The van der Waals surface area contributed by atoms with Gasteiger partial charge in [-0.05, 0) is 47.9 Å². The maximum atomic E-state index is 13.2. The molecule has 10 heteroatoms. The Kier molecular flexibility index (Phi) is 6.33. The predicted molar refractivity (Wildman–Crippen MR) is 133 cm³/mol. The molecule has 2 heterocycles. The largest absolute Gasteiger partial charge is 0.452 e. The summed E-state index contributed by atoms with van der Waals surface area (Å²) in [5, 5.41) is 3.02. The molecule has 0 saturated carbocycles. The quantitative estimate of drug-likeness (QED) is 0.398. The summed E-state index contributed by atoms with van der Waals surface area (Å²) in [5.74, 6) is -1.32. The molecule has 178 valence electrons. The average molecular weight is 508 g/mol. The van der Waals surface area contributed by atoms with Crippen LogP contribution in [0.3, 0.4) is 0 Å². The van der Waals surface area contributed by atoms with Crippen LogP contribution in [0.1, 0.15) is 21.5 Å². The van der Waals surface area contributed by atoms with Crippen LogP contribution in [0.5, 0.6) is 0 Å². The molecule has 5 rings (SSSR count). The normalized spacial score (nSPS) is 13.8. The molecule has 0 spiro atoms. The Hall–Kier alpha value is -3.60. The highest BCUT2D eigenvalue weighted by Gasteiger charge is 2.29. The standard InChI is InChI=1S/C25H21N3O5S2/c29-23(27-25-26-21-10-3-4-11-22(21)34-25)16-33-24(30)18-8-5-9-20(14-18)35(31,32)28-13-12-17-6-1-2-7-19(17)15-28/h1-11,14H,12-13,15-16H2,(H,26,27,29). The number of hydrogen-bond acceptors (Lipinski definition) is 7. The van der Waals surface area contributed by atoms with E-state index in [1.54, 1.807) is 0 Å². The molecule has 1 N–H and O–H groups in total. The SMILES string of the molecule is O=C(COC(=O)c1cccc(S(=O)(=O)N2CCc3ccccc3C2)c1)Nc1nc2ccccc2s1. The van der Waals surface area contributed by atoms with Crippen LogP contribution in [0.2, 0.25) is 0 Å². The number of ether oxygens (including phenoxy) is 1. The van der Waals surface area contributed by atoms with Crippen LogP contribution < -0.4 is 5.32 Å². The van der Waals surface area contributed by atoms with Crippen molar-refractivity contribution in [1.82, 2.24) is 9.29 Å². The lowest BCUT2D eigenvalue weighted by Crippen LogP contribution is -2.36. The number of carbonyl (C=O) groups excluding carboxylic acids is 2. The number of nitrogens with zero attached hydrogens (tertiary/aromatic N) is 2. The van der Waals surface area contributed by atoms with Crippen molar-refractivity contribution < 1.29 is 22.7 Å². The second-order valence-corrected chi connectivity index (χ2v) is 11.0. The fourth-order valence-corrected chi connectivity index (χ4v) is 6.25. The Morgan fingerprint density at radius 2 is 1.77 bits per heavy atom. The molecule has 1 aliphatic rings. The van der Waals surface area contributed by atoms with E-state index in [0.717, 1.165) is 21.3 Å². The zero-order valence-corrected chi connectivity index (χ0v) is 20.1. The van der Waals surface area contributed by atoms with Gasteiger partial charge >= 0.3 is 5.97 Å². The van der Waals surface area contributed by atoms with Crippen molar-refractivity contribution in [2.24, 2.45) is 0 Å². The highest BCUT2D eigenvalue weighted by Crippen LogP contribution is 2.26. The molecule has 0 radical (unpaired) electrons. The minimum Gasteiger partial charge on any atom is -0.452 e. The molecule has 0 saturated heterocycles. The van der Waals surface area contributed by atoms with E-state index in [2.05, 4.69) is 10.3 Å². The van der Waals surface area contributed by atoms with Crippen molar-refractivity contribution in [1.29, 1.82) is 0 Å². The Morgan fingerprint density at radius 1 is 1.00 bits per heavy atom. The monoisotopic (exact) mass is 507 g/mol. The number of carbonyl (C=O) groups is 2. The van der Waals surface area contributed by atoms with Gasteiger partial charge in [-0.15, -0.1) is 0 Å². The van der Waals surface area contributed by atoms with Gasteiger partial charge in [0.1, 0.15) is 0 Å². The fourth-order valence-electron chi connectivity index (χ4n) is 3.90. The third kappa shape index (κ3) is 4.95. The third-order valence-corrected chi connectivity index (χ3v) is 8.47. The smallest absolute Gasteiger partial charge is 0.338 e. The number of benzene rings is 3. The zero-order chi connectivity index (χ0) is 24.4. The Balaban J connectivity index is 1.23. The van der Waals surface area contributed by atoms with E-state index in [1.807, 2.05) is 48.5 Å².